The Labute approximate surface area is 201 Å². The first-order valence-corrected chi connectivity index (χ1v) is 12.4. The van der Waals surface area contributed by atoms with Gasteiger partial charge in [0.05, 0.1) is 26.1 Å². The molecule has 2 heterocycles. The zero-order valence-electron chi connectivity index (χ0n) is 19.8. The van der Waals surface area contributed by atoms with E-state index < -0.39 is 37.3 Å². The molecule has 1 amide bonds. The first-order chi connectivity index (χ1) is 16.4. The van der Waals surface area contributed by atoms with Crippen LogP contribution in [0.5, 0.6) is 5.75 Å². The van der Waals surface area contributed by atoms with E-state index in [9.17, 15) is 19.3 Å². The van der Waals surface area contributed by atoms with Gasteiger partial charge in [-0.15, -0.1) is 0 Å². The summed E-state index contributed by atoms with van der Waals surface area (Å²) >= 11 is 0. The van der Waals surface area contributed by atoms with E-state index >= 15 is 0 Å². The molecule has 0 saturated heterocycles. The Morgan fingerprint density at radius 2 is 1.91 bits per heavy atom. The molecule has 0 aliphatic carbocycles. The Balaban J connectivity index is 1.75. The summed E-state index contributed by atoms with van der Waals surface area (Å²) in [5.41, 5.74) is 5.38. The Bertz CT molecular complexity index is 1260. The highest BCUT2D eigenvalue weighted by Gasteiger charge is 2.37. The van der Waals surface area contributed by atoms with Gasteiger partial charge in [-0.05, 0) is 45.0 Å². The van der Waals surface area contributed by atoms with Gasteiger partial charge in [-0.1, -0.05) is 0 Å². The molecule has 0 aliphatic heterocycles. The number of benzene rings is 1. The number of rotatable bonds is 11. The van der Waals surface area contributed by atoms with Crippen LogP contribution < -0.4 is 20.6 Å². The minimum absolute atomic E-state index is 0.219. The Morgan fingerprint density at radius 1 is 1.23 bits per heavy atom. The third-order valence-electron chi connectivity index (χ3n) is 5.05. The van der Waals surface area contributed by atoms with Gasteiger partial charge in [0, 0.05) is 5.56 Å². The first-order valence-electron chi connectivity index (χ1n) is 10.6. The lowest BCUT2D eigenvalue weighted by atomic mass is 10.1. The van der Waals surface area contributed by atoms with Gasteiger partial charge in [0.15, 0.2) is 11.5 Å². The summed E-state index contributed by atoms with van der Waals surface area (Å²) < 4.78 is 26.3. The first kappa shape index (κ1) is 26.1. The van der Waals surface area contributed by atoms with Crippen molar-refractivity contribution < 1.29 is 28.7 Å². The van der Waals surface area contributed by atoms with Gasteiger partial charge in [-0.2, -0.15) is 0 Å². The Morgan fingerprint density at radius 3 is 2.54 bits per heavy atom. The minimum Gasteiger partial charge on any atom is -0.497 e. The molecular weight excluding hydrogens is 477 g/mol. The summed E-state index contributed by atoms with van der Waals surface area (Å²) in [7, 11) is -2.40. The maximum absolute atomic E-state index is 13.7. The molecule has 0 unspecified atom stereocenters. The number of aromatic nitrogens is 4. The SMILES string of the molecule is COc1ccc(C(=O)N[P@@](=O)(CO[C@H](C)Cn2cnc3c(N)ncnc32)NC(C)(C)C(=O)O)cc1. The zero-order chi connectivity index (χ0) is 25.8. The number of carbonyl (C=O) groups excluding carboxylic acids is 1. The molecule has 0 aliphatic rings. The van der Waals surface area contributed by atoms with Gasteiger partial charge in [0.1, 0.15) is 29.5 Å². The van der Waals surface area contributed by atoms with Crippen molar-refractivity contribution in [2.45, 2.75) is 39.0 Å². The highest BCUT2D eigenvalue weighted by molar-refractivity contribution is 7.60. The Kier molecular flexibility index (Phi) is 7.73. The van der Waals surface area contributed by atoms with Crippen molar-refractivity contribution in [3.05, 3.63) is 42.5 Å². The highest BCUT2D eigenvalue weighted by atomic mass is 31.2. The predicted molar refractivity (Wildman–Crippen MR) is 128 cm³/mol. The van der Waals surface area contributed by atoms with Gasteiger partial charge < -0.3 is 24.9 Å². The number of ether oxygens (including phenoxy) is 2. The number of carbonyl (C=O) groups is 2. The highest BCUT2D eigenvalue weighted by Crippen LogP contribution is 2.40. The van der Waals surface area contributed by atoms with Crippen LogP contribution >= 0.6 is 7.44 Å². The van der Waals surface area contributed by atoms with E-state index in [1.807, 2.05) is 0 Å². The van der Waals surface area contributed by atoms with Crippen LogP contribution in [0.2, 0.25) is 0 Å². The molecule has 0 spiro atoms. The van der Waals surface area contributed by atoms with Crippen LogP contribution in [0.3, 0.4) is 0 Å². The Hall–Kier alpha value is -3.54. The average molecular weight is 505 g/mol. The summed E-state index contributed by atoms with van der Waals surface area (Å²) in [4.78, 5) is 36.7. The molecule has 1 aromatic carbocycles. The molecule has 188 valence electrons. The molecule has 0 saturated carbocycles. The van der Waals surface area contributed by atoms with E-state index in [0.717, 1.165) is 0 Å². The average Bonchev–Trinajstić information content (AvgIpc) is 3.21. The number of hydrogen-bond donors (Lipinski definition) is 4. The number of amides is 1. The fraction of sp³-hybridized carbons (Fsp3) is 0.381. The third kappa shape index (κ3) is 6.32. The van der Waals surface area contributed by atoms with Crippen molar-refractivity contribution >= 4 is 36.3 Å². The number of hydrogen-bond acceptors (Lipinski definition) is 9. The van der Waals surface area contributed by atoms with Crippen molar-refractivity contribution in [3.8, 4) is 5.75 Å². The molecule has 3 aromatic rings. The van der Waals surface area contributed by atoms with Crippen molar-refractivity contribution in [1.29, 1.82) is 0 Å². The van der Waals surface area contributed by atoms with Crippen LogP contribution in [0.4, 0.5) is 5.82 Å². The van der Waals surface area contributed by atoms with Crippen LogP contribution in [-0.4, -0.2) is 61.6 Å². The minimum atomic E-state index is -3.89. The quantitative estimate of drug-likeness (QED) is 0.279. The maximum Gasteiger partial charge on any atom is 0.323 e. The summed E-state index contributed by atoms with van der Waals surface area (Å²) in [6.45, 7) is 4.69. The van der Waals surface area contributed by atoms with Crippen LogP contribution in [-0.2, 0) is 20.6 Å². The second-order valence-corrected chi connectivity index (χ2v) is 10.6. The standard InChI is InChI=1S/C21H28N7O6P/c1-13(9-28-11-25-16-17(22)23-10-24-18(16)28)34-12-35(32,27-21(2,3)20(30)31)26-19(29)14-5-7-15(33-4)8-6-14/h5-8,10-11,13H,9,12H2,1-4H3,(H,30,31)(H2,22,23,24)(H2,26,27,29,32)/t13-,35+/m1/s1. The monoisotopic (exact) mass is 505 g/mol. The lowest BCUT2D eigenvalue weighted by Gasteiger charge is -2.29. The van der Waals surface area contributed by atoms with Crippen molar-refractivity contribution in [1.82, 2.24) is 29.7 Å². The predicted octanol–water partition coefficient (Wildman–Crippen LogP) is 1.86. The summed E-state index contributed by atoms with van der Waals surface area (Å²) in [6, 6.07) is 6.17. The van der Waals surface area contributed by atoms with E-state index in [1.54, 1.807) is 23.6 Å². The number of aliphatic carboxylic acids is 1. The van der Waals surface area contributed by atoms with Crippen LogP contribution in [0.1, 0.15) is 31.1 Å². The molecule has 2 aromatic heterocycles. The normalized spacial score (nSPS) is 14.3. The van der Waals surface area contributed by atoms with E-state index in [-0.39, 0.29) is 17.9 Å². The van der Waals surface area contributed by atoms with E-state index in [2.05, 4.69) is 25.1 Å². The molecule has 3 rings (SSSR count). The second-order valence-electron chi connectivity index (χ2n) is 8.39. The number of carboxylic acid groups (broad SMARTS) is 1. The third-order valence-corrected chi connectivity index (χ3v) is 7.05. The van der Waals surface area contributed by atoms with Crippen LogP contribution in [0, 0.1) is 0 Å². The molecule has 0 bridgehead atoms. The number of anilines is 1. The number of nitrogen functional groups attached to an aromatic ring is 1. The largest absolute Gasteiger partial charge is 0.497 e. The topological polar surface area (TPSA) is 184 Å². The van der Waals surface area contributed by atoms with E-state index in [4.69, 9.17) is 15.2 Å². The van der Waals surface area contributed by atoms with Gasteiger partial charge in [0.25, 0.3) is 13.4 Å². The molecule has 13 nitrogen and oxygen atoms in total. The fourth-order valence-corrected chi connectivity index (χ4v) is 5.26. The summed E-state index contributed by atoms with van der Waals surface area (Å²) in [5.74, 6) is -1.11. The molecule has 2 atom stereocenters. The number of imidazole rings is 1. The van der Waals surface area contributed by atoms with Crippen molar-refractivity contribution in [2.24, 2.45) is 0 Å². The number of methoxy groups -OCH3 is 1. The van der Waals surface area contributed by atoms with Gasteiger partial charge in [-0.3, -0.25) is 19.2 Å². The summed E-state index contributed by atoms with van der Waals surface area (Å²) in [5, 5.41) is 14.5. The second kappa shape index (κ2) is 10.4. The lowest BCUT2D eigenvalue weighted by molar-refractivity contribution is -0.142. The molecule has 5 N–H and O–H groups in total. The smallest absolute Gasteiger partial charge is 0.323 e. The van der Waals surface area contributed by atoms with Crippen molar-refractivity contribution in [2.75, 3.05) is 19.2 Å². The van der Waals surface area contributed by atoms with E-state index in [0.29, 0.717) is 16.9 Å². The molecule has 35 heavy (non-hydrogen) atoms. The molecule has 0 fully saturated rings. The zero-order valence-corrected chi connectivity index (χ0v) is 20.7. The lowest BCUT2D eigenvalue weighted by Crippen LogP contribution is -2.48. The number of nitrogens with zero attached hydrogens (tertiary/aromatic N) is 4. The maximum atomic E-state index is 13.7. The fourth-order valence-electron chi connectivity index (χ4n) is 3.16. The molecule has 14 heteroatoms. The van der Waals surface area contributed by atoms with Crippen molar-refractivity contribution in [3.63, 3.8) is 0 Å². The molecule has 0 radical (unpaired) electrons. The van der Waals surface area contributed by atoms with Gasteiger partial charge in [-0.25, -0.2) is 20.0 Å². The van der Waals surface area contributed by atoms with E-state index in [1.165, 1.54) is 45.7 Å². The van der Waals surface area contributed by atoms with Gasteiger partial charge in [0.2, 0.25) is 0 Å². The number of nitrogens with one attached hydrogen (secondary N) is 2. The number of fused-ring (bicyclic) bond motifs is 1. The number of nitrogens with two attached hydrogens (primary N) is 1. The van der Waals surface area contributed by atoms with Crippen LogP contribution in [0.25, 0.3) is 11.2 Å². The number of carboxylic acids is 1. The molecular formula is C21H28N7O6P. The summed E-state index contributed by atoms with van der Waals surface area (Å²) in [6.07, 6.45) is 1.88. The van der Waals surface area contributed by atoms with Gasteiger partial charge >= 0.3 is 5.97 Å². The van der Waals surface area contributed by atoms with Crippen LogP contribution in [0.15, 0.2) is 36.9 Å².